The number of methoxy groups -OCH3 is 2. The maximum Gasteiger partial charge on any atom is 0.153 e. The minimum Gasteiger partial charge on any atom is -0.496 e. The van der Waals surface area contributed by atoms with Crippen molar-refractivity contribution in [3.63, 3.8) is 0 Å². The molecule has 0 atom stereocenters. The van der Waals surface area contributed by atoms with Crippen LogP contribution in [0.4, 0.5) is 0 Å². The van der Waals surface area contributed by atoms with Gasteiger partial charge in [-0.3, -0.25) is 5.10 Å². The third kappa shape index (κ3) is 3.07. The zero-order valence-electron chi connectivity index (χ0n) is 10.6. The molecular weight excluding hydrogens is 230 g/mol. The Bertz CT molecular complexity index is 496. The number of aromatic nitrogens is 3. The molecule has 0 fully saturated rings. The summed E-state index contributed by atoms with van der Waals surface area (Å²) < 4.78 is 10.3. The van der Waals surface area contributed by atoms with E-state index in [1.54, 1.807) is 14.2 Å². The number of hydrogen-bond donors (Lipinski definition) is 1. The maximum absolute atomic E-state index is 5.31. The molecule has 0 bridgehead atoms. The molecule has 18 heavy (non-hydrogen) atoms. The molecule has 5 nitrogen and oxygen atoms in total. The van der Waals surface area contributed by atoms with Gasteiger partial charge in [0, 0.05) is 25.5 Å². The highest BCUT2D eigenvalue weighted by atomic mass is 16.5. The Morgan fingerprint density at radius 2 is 2.06 bits per heavy atom. The summed E-state index contributed by atoms with van der Waals surface area (Å²) in [6, 6.07) is 7.90. The Morgan fingerprint density at radius 1 is 1.22 bits per heavy atom. The van der Waals surface area contributed by atoms with Gasteiger partial charge in [-0.05, 0) is 6.07 Å². The van der Waals surface area contributed by atoms with Crippen LogP contribution in [0.25, 0.3) is 0 Å². The molecule has 5 heteroatoms. The highest BCUT2D eigenvalue weighted by Gasteiger charge is 2.07. The van der Waals surface area contributed by atoms with Gasteiger partial charge in [-0.2, -0.15) is 5.10 Å². The second kappa shape index (κ2) is 6.16. The molecule has 1 aromatic carbocycles. The van der Waals surface area contributed by atoms with Crippen LogP contribution in [0.15, 0.2) is 24.3 Å². The zero-order valence-corrected chi connectivity index (χ0v) is 10.6. The molecule has 0 unspecified atom stereocenters. The van der Waals surface area contributed by atoms with Gasteiger partial charge in [0.15, 0.2) is 5.82 Å². The molecule has 0 spiro atoms. The summed E-state index contributed by atoms with van der Waals surface area (Å²) in [6.07, 6.45) is 1.41. The molecule has 2 rings (SSSR count). The Morgan fingerprint density at radius 3 is 2.83 bits per heavy atom. The molecule has 0 aliphatic rings. The normalized spacial score (nSPS) is 10.6. The van der Waals surface area contributed by atoms with E-state index in [1.165, 1.54) is 0 Å². The summed E-state index contributed by atoms with van der Waals surface area (Å²) in [6.45, 7) is 0.631. The molecule has 0 aliphatic carbocycles. The molecular formula is C13H17N3O2. The van der Waals surface area contributed by atoms with Crippen molar-refractivity contribution in [3.05, 3.63) is 41.5 Å². The highest BCUT2D eigenvalue weighted by Crippen LogP contribution is 2.19. The van der Waals surface area contributed by atoms with E-state index in [-0.39, 0.29) is 0 Å². The largest absolute Gasteiger partial charge is 0.496 e. The number of nitrogens with one attached hydrogen (secondary N) is 1. The van der Waals surface area contributed by atoms with Crippen molar-refractivity contribution in [1.82, 2.24) is 15.2 Å². The van der Waals surface area contributed by atoms with Crippen molar-refractivity contribution in [2.45, 2.75) is 12.8 Å². The number of H-pyrrole nitrogens is 1. The monoisotopic (exact) mass is 247 g/mol. The number of hydrogen-bond acceptors (Lipinski definition) is 4. The van der Waals surface area contributed by atoms with Crippen LogP contribution >= 0.6 is 0 Å². The third-order valence-corrected chi connectivity index (χ3v) is 2.66. The van der Waals surface area contributed by atoms with Crippen molar-refractivity contribution >= 4 is 0 Å². The molecule has 1 aromatic heterocycles. The number of benzene rings is 1. The summed E-state index contributed by atoms with van der Waals surface area (Å²) in [5.41, 5.74) is 1.09. The van der Waals surface area contributed by atoms with E-state index < -0.39 is 0 Å². The first-order valence-electron chi connectivity index (χ1n) is 5.84. The first kappa shape index (κ1) is 12.6. The van der Waals surface area contributed by atoms with Gasteiger partial charge in [0.25, 0.3) is 0 Å². The number of aromatic amines is 1. The van der Waals surface area contributed by atoms with E-state index in [4.69, 9.17) is 9.47 Å². The van der Waals surface area contributed by atoms with Crippen molar-refractivity contribution in [1.29, 1.82) is 0 Å². The molecule has 1 N–H and O–H groups in total. The van der Waals surface area contributed by atoms with Gasteiger partial charge in [0.1, 0.15) is 11.6 Å². The predicted molar refractivity (Wildman–Crippen MR) is 67.8 cm³/mol. The van der Waals surface area contributed by atoms with Gasteiger partial charge >= 0.3 is 0 Å². The lowest BCUT2D eigenvalue weighted by Gasteiger charge is -2.05. The molecule has 96 valence electrons. The van der Waals surface area contributed by atoms with Crippen LogP contribution in [0, 0.1) is 0 Å². The Hall–Kier alpha value is -1.88. The quantitative estimate of drug-likeness (QED) is 0.842. The van der Waals surface area contributed by atoms with Crippen LogP contribution in [0.2, 0.25) is 0 Å². The molecule has 0 saturated heterocycles. The van der Waals surface area contributed by atoms with Crippen LogP contribution in [0.1, 0.15) is 17.2 Å². The van der Waals surface area contributed by atoms with E-state index in [2.05, 4.69) is 15.2 Å². The van der Waals surface area contributed by atoms with Gasteiger partial charge in [-0.25, -0.2) is 4.98 Å². The Kier molecular flexibility index (Phi) is 4.30. The van der Waals surface area contributed by atoms with Crippen molar-refractivity contribution in [3.8, 4) is 5.75 Å². The van der Waals surface area contributed by atoms with Crippen LogP contribution in [0.3, 0.4) is 0 Å². The van der Waals surface area contributed by atoms with Gasteiger partial charge in [0.2, 0.25) is 0 Å². The predicted octanol–water partition coefficient (Wildman–Crippen LogP) is 1.59. The Balaban J connectivity index is 2.06. The average Bonchev–Trinajstić information content (AvgIpc) is 2.84. The summed E-state index contributed by atoms with van der Waals surface area (Å²) in [4.78, 5) is 4.42. The molecule has 0 radical (unpaired) electrons. The fourth-order valence-corrected chi connectivity index (χ4v) is 1.75. The summed E-state index contributed by atoms with van der Waals surface area (Å²) >= 11 is 0. The van der Waals surface area contributed by atoms with E-state index in [0.717, 1.165) is 29.4 Å². The van der Waals surface area contributed by atoms with Crippen molar-refractivity contribution < 1.29 is 9.47 Å². The first-order chi connectivity index (χ1) is 8.83. The smallest absolute Gasteiger partial charge is 0.153 e. The van der Waals surface area contributed by atoms with Gasteiger partial charge < -0.3 is 9.47 Å². The molecule has 2 aromatic rings. The second-order valence-electron chi connectivity index (χ2n) is 3.93. The number of rotatable bonds is 6. The number of nitrogens with zero attached hydrogens (tertiary/aromatic N) is 2. The minimum atomic E-state index is 0.631. The van der Waals surface area contributed by atoms with E-state index in [0.29, 0.717) is 13.0 Å². The third-order valence-electron chi connectivity index (χ3n) is 2.66. The average molecular weight is 247 g/mol. The zero-order chi connectivity index (χ0) is 12.8. The van der Waals surface area contributed by atoms with Gasteiger partial charge in [-0.1, -0.05) is 18.2 Å². The maximum atomic E-state index is 5.31. The van der Waals surface area contributed by atoms with E-state index in [9.17, 15) is 0 Å². The minimum absolute atomic E-state index is 0.631. The summed E-state index contributed by atoms with van der Waals surface area (Å²) in [7, 11) is 3.34. The molecule has 0 saturated carbocycles. The summed E-state index contributed by atoms with van der Waals surface area (Å²) in [5, 5.41) is 7.09. The van der Waals surface area contributed by atoms with Gasteiger partial charge in [-0.15, -0.1) is 0 Å². The molecule has 1 heterocycles. The van der Waals surface area contributed by atoms with E-state index in [1.807, 2.05) is 24.3 Å². The van der Waals surface area contributed by atoms with E-state index >= 15 is 0 Å². The number of para-hydroxylation sites is 1. The number of ether oxygens (including phenoxy) is 2. The lowest BCUT2D eigenvalue weighted by Crippen LogP contribution is -1.97. The fourth-order valence-electron chi connectivity index (χ4n) is 1.75. The SMILES string of the molecule is COCCc1n[nH]c(Cc2ccccc2OC)n1. The van der Waals surface area contributed by atoms with Crippen LogP contribution < -0.4 is 4.74 Å². The topological polar surface area (TPSA) is 60.0 Å². The van der Waals surface area contributed by atoms with Crippen LogP contribution in [0.5, 0.6) is 5.75 Å². The van der Waals surface area contributed by atoms with Crippen molar-refractivity contribution in [2.24, 2.45) is 0 Å². The highest BCUT2D eigenvalue weighted by molar-refractivity contribution is 5.35. The summed E-state index contributed by atoms with van der Waals surface area (Å²) in [5.74, 6) is 2.49. The first-order valence-corrected chi connectivity index (χ1v) is 5.84. The Labute approximate surface area is 106 Å². The van der Waals surface area contributed by atoms with Crippen LogP contribution in [-0.4, -0.2) is 36.0 Å². The molecule has 0 aliphatic heterocycles. The van der Waals surface area contributed by atoms with Crippen LogP contribution in [-0.2, 0) is 17.6 Å². The molecule has 0 amide bonds. The second-order valence-corrected chi connectivity index (χ2v) is 3.93. The standard InChI is InChI=1S/C13H17N3O2/c1-17-8-7-12-14-13(16-15-12)9-10-5-3-4-6-11(10)18-2/h3-6H,7-9H2,1-2H3,(H,14,15,16). The lowest BCUT2D eigenvalue weighted by molar-refractivity contribution is 0.200. The van der Waals surface area contributed by atoms with Crippen molar-refractivity contribution in [2.75, 3.05) is 20.8 Å². The lowest BCUT2D eigenvalue weighted by atomic mass is 10.1. The van der Waals surface area contributed by atoms with Gasteiger partial charge in [0.05, 0.1) is 13.7 Å². The fraction of sp³-hybridized carbons (Fsp3) is 0.385.